The zero-order valence-electron chi connectivity index (χ0n) is 10.8. The van der Waals surface area contributed by atoms with Crippen molar-refractivity contribution in [3.63, 3.8) is 0 Å². The average molecular weight is 391 g/mol. The van der Waals surface area contributed by atoms with Crippen LogP contribution in [0.1, 0.15) is 18.0 Å². The summed E-state index contributed by atoms with van der Waals surface area (Å²) in [6, 6.07) is 7.99. The number of hydrogen-bond acceptors (Lipinski definition) is 2. The van der Waals surface area contributed by atoms with Crippen LogP contribution in [0.25, 0.3) is 0 Å². The van der Waals surface area contributed by atoms with E-state index in [-0.39, 0.29) is 11.7 Å². The first-order valence-corrected chi connectivity index (χ1v) is 8.53. The summed E-state index contributed by atoms with van der Waals surface area (Å²) in [5.74, 6) is -0.321. The van der Waals surface area contributed by atoms with Gasteiger partial charge in [-0.05, 0) is 42.3 Å². The molecule has 6 heteroatoms. The Labute approximate surface area is 139 Å². The zero-order chi connectivity index (χ0) is 15.0. The molecule has 0 aromatic heterocycles. The van der Waals surface area contributed by atoms with Gasteiger partial charge in [0.25, 0.3) is 0 Å². The van der Waals surface area contributed by atoms with Gasteiger partial charge in [0.05, 0.1) is 6.04 Å². The molecule has 1 unspecified atom stereocenters. The Bertz CT molecular complexity index is 672. The number of hydrogen-bond donors (Lipinski definition) is 1. The molecule has 110 valence electrons. The van der Waals surface area contributed by atoms with Gasteiger partial charge in [0, 0.05) is 20.1 Å². The van der Waals surface area contributed by atoms with Crippen molar-refractivity contribution in [2.24, 2.45) is 0 Å². The molecular weight excluding hydrogens is 380 g/mol. The molecule has 2 aromatic rings. The van der Waals surface area contributed by atoms with Gasteiger partial charge in [-0.15, -0.1) is 11.8 Å². The second-order valence-electron chi connectivity index (χ2n) is 4.76. The van der Waals surface area contributed by atoms with Crippen LogP contribution >= 0.6 is 39.3 Å². The maximum Gasteiger partial charge on any atom is 0.150 e. The Morgan fingerprint density at radius 2 is 1.90 bits per heavy atom. The standard InChI is InChI=1S/C15H11BrClF2NS/c16-8-5-11(18)15(12(19)6-8)20-13-3-4-21-14-2-1-9(17)7-10(13)14/h1-2,5-7,13,20H,3-4H2. The van der Waals surface area contributed by atoms with Crippen LogP contribution in [0.15, 0.2) is 39.7 Å². The lowest BCUT2D eigenvalue weighted by molar-refractivity contribution is 0.578. The summed E-state index contributed by atoms with van der Waals surface area (Å²) >= 11 is 10.8. The molecule has 1 aliphatic heterocycles. The summed E-state index contributed by atoms with van der Waals surface area (Å²) in [5, 5.41) is 3.61. The fraction of sp³-hybridized carbons (Fsp3) is 0.200. The molecular formula is C15H11BrClF2NS. The molecule has 0 bridgehead atoms. The number of halogens is 4. The highest BCUT2D eigenvalue weighted by atomic mass is 79.9. The van der Waals surface area contributed by atoms with E-state index in [4.69, 9.17) is 11.6 Å². The Morgan fingerprint density at radius 1 is 1.19 bits per heavy atom. The van der Waals surface area contributed by atoms with Gasteiger partial charge in [-0.1, -0.05) is 27.5 Å². The highest BCUT2D eigenvalue weighted by molar-refractivity contribution is 9.10. The summed E-state index contributed by atoms with van der Waals surface area (Å²) in [4.78, 5) is 1.10. The second kappa shape index (κ2) is 6.15. The molecule has 0 spiro atoms. The highest BCUT2D eigenvalue weighted by Crippen LogP contribution is 2.40. The van der Waals surface area contributed by atoms with Gasteiger partial charge in [0.15, 0.2) is 0 Å². The SMILES string of the molecule is Fc1cc(Br)cc(F)c1NC1CCSc2ccc(Cl)cc21. The van der Waals surface area contributed by atoms with E-state index in [2.05, 4.69) is 21.2 Å². The van der Waals surface area contributed by atoms with Crippen molar-refractivity contribution in [3.8, 4) is 0 Å². The molecule has 0 saturated heterocycles. The average Bonchev–Trinajstić information content (AvgIpc) is 2.43. The van der Waals surface area contributed by atoms with Crippen molar-refractivity contribution in [1.82, 2.24) is 0 Å². The number of anilines is 1. The van der Waals surface area contributed by atoms with Crippen LogP contribution in [0.5, 0.6) is 0 Å². The third-order valence-electron chi connectivity index (χ3n) is 3.34. The third-order valence-corrected chi connectivity index (χ3v) is 5.15. The van der Waals surface area contributed by atoms with E-state index in [1.54, 1.807) is 11.8 Å². The third kappa shape index (κ3) is 3.20. The Hall–Kier alpha value is -0.780. The highest BCUT2D eigenvalue weighted by Gasteiger charge is 2.23. The first-order valence-electron chi connectivity index (χ1n) is 6.38. The number of nitrogens with one attached hydrogen (secondary N) is 1. The number of rotatable bonds is 2. The van der Waals surface area contributed by atoms with Gasteiger partial charge in [-0.3, -0.25) is 0 Å². The van der Waals surface area contributed by atoms with Crippen LogP contribution in [0.2, 0.25) is 5.02 Å². The molecule has 0 radical (unpaired) electrons. The van der Waals surface area contributed by atoms with Crippen LogP contribution < -0.4 is 5.32 Å². The van der Waals surface area contributed by atoms with Crippen LogP contribution in [0, 0.1) is 11.6 Å². The topological polar surface area (TPSA) is 12.0 Å². The lowest BCUT2D eigenvalue weighted by Gasteiger charge is -2.27. The smallest absolute Gasteiger partial charge is 0.150 e. The van der Waals surface area contributed by atoms with E-state index >= 15 is 0 Å². The van der Waals surface area contributed by atoms with Crippen molar-refractivity contribution in [3.05, 3.63) is 57.0 Å². The summed E-state index contributed by atoms with van der Waals surface area (Å²) in [5.41, 5.74) is 0.890. The monoisotopic (exact) mass is 389 g/mol. The maximum atomic E-state index is 14.0. The van der Waals surface area contributed by atoms with Crippen LogP contribution in [0.4, 0.5) is 14.5 Å². The molecule has 1 N–H and O–H groups in total. The Morgan fingerprint density at radius 3 is 2.62 bits per heavy atom. The molecule has 1 aliphatic rings. The maximum absolute atomic E-state index is 14.0. The van der Waals surface area contributed by atoms with Crippen molar-refractivity contribution in [1.29, 1.82) is 0 Å². The van der Waals surface area contributed by atoms with E-state index in [0.29, 0.717) is 9.50 Å². The predicted molar refractivity (Wildman–Crippen MR) is 87.2 cm³/mol. The molecule has 2 aromatic carbocycles. The van der Waals surface area contributed by atoms with Gasteiger partial charge in [0.1, 0.15) is 17.3 Å². The minimum Gasteiger partial charge on any atom is -0.373 e. The van der Waals surface area contributed by atoms with Gasteiger partial charge in [-0.2, -0.15) is 0 Å². The Kier molecular flexibility index (Phi) is 4.43. The molecule has 21 heavy (non-hydrogen) atoms. The largest absolute Gasteiger partial charge is 0.373 e. The summed E-state index contributed by atoms with van der Waals surface area (Å²) in [6.07, 6.45) is 0.785. The molecule has 1 heterocycles. The molecule has 0 fully saturated rings. The van der Waals surface area contributed by atoms with Gasteiger partial charge in [-0.25, -0.2) is 8.78 Å². The molecule has 0 saturated carbocycles. The number of thioether (sulfide) groups is 1. The minimum absolute atomic E-state index is 0.0963. The van der Waals surface area contributed by atoms with Crippen molar-refractivity contribution < 1.29 is 8.78 Å². The summed E-state index contributed by atoms with van der Waals surface area (Å²) in [6.45, 7) is 0. The molecule has 1 atom stereocenters. The summed E-state index contributed by atoms with van der Waals surface area (Å²) < 4.78 is 28.3. The predicted octanol–water partition coefficient (Wildman–Crippen LogP) is 6.03. The normalized spacial score (nSPS) is 17.4. The zero-order valence-corrected chi connectivity index (χ0v) is 14.0. The van der Waals surface area contributed by atoms with Crippen molar-refractivity contribution in [2.45, 2.75) is 17.4 Å². The fourth-order valence-electron chi connectivity index (χ4n) is 2.37. The fourth-order valence-corrected chi connectivity index (χ4v) is 4.06. The van der Waals surface area contributed by atoms with Gasteiger partial charge in [0.2, 0.25) is 0 Å². The van der Waals surface area contributed by atoms with Crippen LogP contribution in [-0.2, 0) is 0 Å². The lowest BCUT2D eigenvalue weighted by Crippen LogP contribution is -2.17. The summed E-state index contributed by atoms with van der Waals surface area (Å²) in [7, 11) is 0. The van der Waals surface area contributed by atoms with E-state index in [1.807, 2.05) is 18.2 Å². The van der Waals surface area contributed by atoms with E-state index in [1.165, 1.54) is 12.1 Å². The van der Waals surface area contributed by atoms with Crippen LogP contribution in [-0.4, -0.2) is 5.75 Å². The van der Waals surface area contributed by atoms with E-state index in [9.17, 15) is 8.78 Å². The Balaban J connectivity index is 1.96. The quantitative estimate of drug-likeness (QED) is 0.672. The van der Waals surface area contributed by atoms with E-state index < -0.39 is 11.6 Å². The molecule has 3 rings (SSSR count). The first kappa shape index (κ1) is 15.1. The second-order valence-corrected chi connectivity index (χ2v) is 7.25. The van der Waals surface area contributed by atoms with Gasteiger partial charge >= 0.3 is 0 Å². The minimum atomic E-state index is -0.608. The lowest BCUT2D eigenvalue weighted by atomic mass is 10.0. The first-order chi connectivity index (χ1) is 10.0. The van der Waals surface area contributed by atoms with Crippen LogP contribution in [0.3, 0.4) is 0 Å². The molecule has 1 nitrogen and oxygen atoms in total. The van der Waals surface area contributed by atoms with Gasteiger partial charge < -0.3 is 5.32 Å². The van der Waals surface area contributed by atoms with Crippen molar-refractivity contribution >= 4 is 45.0 Å². The number of fused-ring (bicyclic) bond motifs is 1. The van der Waals surface area contributed by atoms with E-state index in [0.717, 1.165) is 22.6 Å². The molecule has 0 amide bonds. The van der Waals surface area contributed by atoms with Crippen molar-refractivity contribution in [2.75, 3.05) is 11.1 Å². The number of benzene rings is 2. The molecule has 0 aliphatic carbocycles.